The van der Waals surface area contributed by atoms with Crippen LogP contribution >= 0.6 is 0 Å². The van der Waals surface area contributed by atoms with Crippen molar-refractivity contribution in [3.05, 3.63) is 0 Å². The molecule has 0 aromatic carbocycles. The van der Waals surface area contributed by atoms with Gasteiger partial charge in [-0.05, 0) is 70.9 Å². The Hall–Kier alpha value is 0.748. The maximum Gasteiger partial charge on any atom is 0.318 e. The minimum absolute atomic E-state index is 0.511. The second-order valence-electron chi connectivity index (χ2n) is 10.8. The topological polar surface area (TPSA) is 27.7 Å². The Morgan fingerprint density at radius 1 is 0.593 bits per heavy atom. The lowest BCUT2D eigenvalue weighted by molar-refractivity contribution is 0.309. The van der Waals surface area contributed by atoms with Crippen LogP contribution in [0.15, 0.2) is 0 Å². The van der Waals surface area contributed by atoms with Crippen molar-refractivity contribution >= 4 is 33.8 Å². The van der Waals surface area contributed by atoms with E-state index >= 15 is 0 Å². The summed E-state index contributed by atoms with van der Waals surface area (Å²) < 4.78 is 20.1. The van der Waals surface area contributed by atoms with Crippen molar-refractivity contribution in [1.82, 2.24) is 0 Å². The van der Waals surface area contributed by atoms with E-state index in [4.69, 9.17) is 12.3 Å². The van der Waals surface area contributed by atoms with Crippen molar-refractivity contribution in [3.8, 4) is 0 Å². The van der Waals surface area contributed by atoms with Gasteiger partial charge >= 0.3 is 17.1 Å². The van der Waals surface area contributed by atoms with E-state index in [1.54, 1.807) is 0 Å². The molecule has 7 heteroatoms. The van der Waals surface area contributed by atoms with Crippen LogP contribution in [0, 0.1) is 0 Å². The van der Waals surface area contributed by atoms with Gasteiger partial charge in [0.15, 0.2) is 16.6 Å². The molecule has 0 bridgehead atoms. The first-order chi connectivity index (χ1) is 12.1. The van der Waals surface area contributed by atoms with Crippen LogP contribution in [0.1, 0.15) is 65.2 Å². The molecule has 0 aliphatic heterocycles. The van der Waals surface area contributed by atoms with E-state index in [2.05, 4.69) is 72.8 Å². The smallest absolute Gasteiger partial charge is 0.318 e. The van der Waals surface area contributed by atoms with Gasteiger partial charge in [0.1, 0.15) is 0 Å². The number of hydrogen-bond acceptors (Lipinski definition) is 3. The average molecular weight is 451 g/mol. The molecule has 2 unspecified atom stereocenters. The first kappa shape index (κ1) is 27.7. The second kappa shape index (κ2) is 11.8. The SMILES string of the molecule is CCCCCCCCCC(C)[Si](C)(O[Si](C)(C)C)O[Si](C)(C)O[Si](C)(C)C. The van der Waals surface area contributed by atoms with Gasteiger partial charge in [0.05, 0.1) is 0 Å². The highest BCUT2D eigenvalue weighted by Crippen LogP contribution is 2.35. The molecule has 0 rings (SSSR count). The number of rotatable bonds is 15. The Kier molecular flexibility index (Phi) is 12.1. The van der Waals surface area contributed by atoms with Crippen molar-refractivity contribution in [3.63, 3.8) is 0 Å². The van der Waals surface area contributed by atoms with Gasteiger partial charge in [0, 0.05) is 0 Å². The average Bonchev–Trinajstić information content (AvgIpc) is 2.40. The quantitative estimate of drug-likeness (QED) is 0.187. The van der Waals surface area contributed by atoms with Crippen LogP contribution in [0.25, 0.3) is 0 Å². The highest BCUT2D eigenvalue weighted by molar-refractivity contribution is 6.89. The van der Waals surface area contributed by atoms with E-state index in [1.165, 1.54) is 51.4 Å². The highest BCUT2D eigenvalue weighted by Gasteiger charge is 2.47. The van der Waals surface area contributed by atoms with Crippen LogP contribution in [0.3, 0.4) is 0 Å². The normalized spacial score (nSPS) is 17.0. The van der Waals surface area contributed by atoms with Crippen molar-refractivity contribution in [2.45, 2.75) is 130 Å². The van der Waals surface area contributed by atoms with E-state index in [9.17, 15) is 0 Å². The first-order valence-corrected chi connectivity index (χ1v) is 23.2. The van der Waals surface area contributed by atoms with Crippen molar-refractivity contribution < 1.29 is 12.3 Å². The molecule has 0 saturated carbocycles. The Balaban J connectivity index is 4.85. The molecule has 0 saturated heterocycles. The summed E-state index contributed by atoms with van der Waals surface area (Å²) in [6.07, 6.45) is 10.7. The molecule has 0 aliphatic carbocycles. The van der Waals surface area contributed by atoms with Crippen LogP contribution < -0.4 is 0 Å². The Bertz CT molecular complexity index is 405. The van der Waals surface area contributed by atoms with Gasteiger partial charge in [-0.25, -0.2) is 0 Å². The predicted octanol–water partition coefficient (Wildman–Crippen LogP) is 8.01. The molecule has 0 radical (unpaired) electrons. The second-order valence-corrected chi connectivity index (χ2v) is 27.5. The zero-order valence-electron chi connectivity index (χ0n) is 20.5. The van der Waals surface area contributed by atoms with Crippen molar-refractivity contribution in [1.29, 1.82) is 0 Å². The first-order valence-electron chi connectivity index (χ1n) is 11.2. The molecule has 0 spiro atoms. The number of hydrogen-bond donors (Lipinski definition) is 0. The molecule has 3 nitrogen and oxygen atoms in total. The van der Waals surface area contributed by atoms with Gasteiger partial charge in [-0.3, -0.25) is 0 Å². The maximum atomic E-state index is 6.85. The minimum atomic E-state index is -2.28. The van der Waals surface area contributed by atoms with E-state index in [-0.39, 0.29) is 0 Å². The van der Waals surface area contributed by atoms with Crippen LogP contribution in [0.4, 0.5) is 0 Å². The summed E-state index contributed by atoms with van der Waals surface area (Å²) in [5.41, 5.74) is 0.511. The van der Waals surface area contributed by atoms with Crippen LogP contribution in [0.2, 0.25) is 64.5 Å². The molecule has 0 aliphatic rings. The standard InChI is InChI=1S/C20H50O3Si4/c1-12-13-14-15-16-17-18-19-20(2)27(11,22-25(6,7)8)23-26(9,10)21-24(3,4)5/h20H,12-19H2,1-11H3. The Morgan fingerprint density at radius 2 is 1.04 bits per heavy atom. The fraction of sp³-hybridized carbons (Fsp3) is 1.00. The highest BCUT2D eigenvalue weighted by atomic mass is 28.5. The van der Waals surface area contributed by atoms with Crippen molar-refractivity contribution in [2.24, 2.45) is 0 Å². The third kappa shape index (κ3) is 14.4. The third-order valence-electron chi connectivity index (χ3n) is 4.65. The summed E-state index contributed by atoms with van der Waals surface area (Å²) in [4.78, 5) is 0. The lowest BCUT2D eigenvalue weighted by Crippen LogP contribution is -2.58. The van der Waals surface area contributed by atoms with Gasteiger partial charge in [0.25, 0.3) is 0 Å². The zero-order valence-corrected chi connectivity index (χ0v) is 24.5. The molecule has 0 aromatic heterocycles. The molecule has 0 amide bonds. The summed E-state index contributed by atoms with van der Waals surface area (Å²) >= 11 is 0. The number of unbranched alkanes of at least 4 members (excludes halogenated alkanes) is 6. The molecular weight excluding hydrogens is 401 g/mol. The third-order valence-corrected chi connectivity index (χ3v) is 18.8. The van der Waals surface area contributed by atoms with Gasteiger partial charge in [-0.2, -0.15) is 0 Å². The van der Waals surface area contributed by atoms with Crippen LogP contribution in [-0.2, 0) is 12.3 Å². The zero-order chi connectivity index (χ0) is 21.4. The Morgan fingerprint density at radius 3 is 1.48 bits per heavy atom. The van der Waals surface area contributed by atoms with E-state index in [1.807, 2.05) is 0 Å². The van der Waals surface area contributed by atoms with Gasteiger partial charge in [0.2, 0.25) is 0 Å². The predicted molar refractivity (Wildman–Crippen MR) is 131 cm³/mol. The van der Waals surface area contributed by atoms with Crippen LogP contribution in [-0.4, -0.2) is 33.8 Å². The van der Waals surface area contributed by atoms with Crippen LogP contribution in [0.5, 0.6) is 0 Å². The molecule has 0 heterocycles. The lowest BCUT2D eigenvalue weighted by atomic mass is 10.1. The molecule has 0 N–H and O–H groups in total. The van der Waals surface area contributed by atoms with Gasteiger partial charge in [-0.1, -0.05) is 58.8 Å². The minimum Gasteiger partial charge on any atom is -0.437 e. The fourth-order valence-electron chi connectivity index (χ4n) is 3.75. The van der Waals surface area contributed by atoms with E-state index in [0.717, 1.165) is 0 Å². The molecule has 0 aromatic rings. The summed E-state index contributed by atoms with van der Waals surface area (Å²) in [6.45, 7) is 25.0. The monoisotopic (exact) mass is 450 g/mol. The van der Waals surface area contributed by atoms with Gasteiger partial charge < -0.3 is 12.3 Å². The van der Waals surface area contributed by atoms with E-state index < -0.39 is 33.8 Å². The summed E-state index contributed by atoms with van der Waals surface area (Å²) in [6, 6.07) is 0. The summed E-state index contributed by atoms with van der Waals surface area (Å²) in [5, 5.41) is 0. The maximum absolute atomic E-state index is 6.85. The Labute approximate surface area is 175 Å². The van der Waals surface area contributed by atoms with Crippen molar-refractivity contribution in [2.75, 3.05) is 0 Å². The molecule has 2 atom stereocenters. The largest absolute Gasteiger partial charge is 0.437 e. The molecule has 164 valence electrons. The molecular formula is C20H50O3Si4. The lowest BCUT2D eigenvalue weighted by Gasteiger charge is -2.44. The fourth-order valence-corrected chi connectivity index (χ4v) is 21.8. The summed E-state index contributed by atoms with van der Waals surface area (Å²) in [7, 11) is -7.76. The van der Waals surface area contributed by atoms with E-state index in [0.29, 0.717) is 5.54 Å². The summed E-state index contributed by atoms with van der Waals surface area (Å²) in [5.74, 6) is 0. The van der Waals surface area contributed by atoms with Gasteiger partial charge in [-0.15, -0.1) is 0 Å². The molecule has 27 heavy (non-hydrogen) atoms. The molecule has 0 fully saturated rings.